The first-order valence-corrected chi connectivity index (χ1v) is 9.11. The summed E-state index contributed by atoms with van der Waals surface area (Å²) < 4.78 is 31.2. The molecule has 26 heavy (non-hydrogen) atoms. The highest BCUT2D eigenvalue weighted by Crippen LogP contribution is 2.54. The van der Waals surface area contributed by atoms with E-state index in [0.29, 0.717) is 17.2 Å². The van der Waals surface area contributed by atoms with E-state index < -0.39 is 12.5 Å². The number of halogens is 3. The van der Waals surface area contributed by atoms with Gasteiger partial charge in [-0.1, -0.05) is 12.8 Å². The van der Waals surface area contributed by atoms with Crippen LogP contribution in [0.4, 0.5) is 18.9 Å². The summed E-state index contributed by atoms with van der Waals surface area (Å²) in [6.45, 7) is 1.13. The molecule has 0 spiro atoms. The first kappa shape index (κ1) is 19.0. The van der Waals surface area contributed by atoms with Crippen LogP contribution in [0.1, 0.15) is 43.2 Å². The standard InChI is InChI=1S/C17H24N2O.C2HF3O/c1-18-15-9-11-8-14-12-4-2-3-5-17(12,6-7-19-14)13(11)10-16(15)20;3-2(4,5)1-6/h9-10,12,14,18-20H,2-8H2,1H3;1H/t12-,14+,17+;/m1./s1. The number of hydrogen-bond donors (Lipinski definition) is 3. The third-order valence-electron chi connectivity index (χ3n) is 6.16. The lowest BCUT2D eigenvalue weighted by Gasteiger charge is -2.56. The second kappa shape index (κ2) is 7.10. The lowest BCUT2D eigenvalue weighted by atomic mass is 9.53. The SMILES string of the molecule is CNc1cc2c(cc1O)[C@]13CCCC[C@@H]1[C@H](C2)NCC3.O=CC(F)(F)F. The maximum Gasteiger partial charge on any atom is 0.446 e. The number of phenols is 1. The predicted molar refractivity (Wildman–Crippen MR) is 93.5 cm³/mol. The highest BCUT2D eigenvalue weighted by Gasteiger charge is 2.51. The van der Waals surface area contributed by atoms with Crippen molar-refractivity contribution in [2.75, 3.05) is 18.9 Å². The summed E-state index contributed by atoms with van der Waals surface area (Å²) in [4.78, 5) is 8.70. The van der Waals surface area contributed by atoms with Crippen LogP contribution in [0.3, 0.4) is 0 Å². The van der Waals surface area contributed by atoms with Gasteiger partial charge in [-0.05, 0) is 61.4 Å². The Bertz CT molecular complexity index is 673. The van der Waals surface area contributed by atoms with E-state index in [1.54, 1.807) is 0 Å². The molecule has 2 bridgehead atoms. The lowest BCUT2D eigenvalue weighted by molar-refractivity contribution is -0.156. The van der Waals surface area contributed by atoms with Gasteiger partial charge >= 0.3 is 6.18 Å². The topological polar surface area (TPSA) is 61.4 Å². The monoisotopic (exact) mass is 370 g/mol. The van der Waals surface area contributed by atoms with Crippen molar-refractivity contribution >= 4 is 12.0 Å². The fourth-order valence-corrected chi connectivity index (χ4v) is 5.17. The van der Waals surface area contributed by atoms with Gasteiger partial charge in [-0.2, -0.15) is 13.2 Å². The number of alkyl halides is 3. The Morgan fingerprint density at radius 1 is 1.31 bits per heavy atom. The number of carbonyl (C=O) groups is 1. The molecule has 1 heterocycles. The van der Waals surface area contributed by atoms with Crippen molar-refractivity contribution < 1.29 is 23.1 Å². The second-order valence-corrected chi connectivity index (χ2v) is 7.46. The Morgan fingerprint density at radius 2 is 2.04 bits per heavy atom. The van der Waals surface area contributed by atoms with Crippen LogP contribution in [0, 0.1) is 5.92 Å². The quantitative estimate of drug-likeness (QED) is 0.523. The zero-order valence-electron chi connectivity index (χ0n) is 14.8. The number of hydrogen-bond acceptors (Lipinski definition) is 4. The molecule has 4 rings (SSSR count). The molecule has 0 radical (unpaired) electrons. The van der Waals surface area contributed by atoms with Gasteiger partial charge in [-0.3, -0.25) is 4.79 Å². The maximum atomic E-state index is 10.4. The Morgan fingerprint density at radius 3 is 2.69 bits per heavy atom. The zero-order valence-corrected chi connectivity index (χ0v) is 14.8. The average molecular weight is 370 g/mol. The summed E-state index contributed by atoms with van der Waals surface area (Å²) in [6.07, 6.45) is 2.04. The third kappa shape index (κ3) is 3.41. The van der Waals surface area contributed by atoms with E-state index >= 15 is 0 Å². The minimum Gasteiger partial charge on any atom is -0.506 e. The predicted octanol–water partition coefficient (Wildman–Crippen LogP) is 3.53. The number of rotatable bonds is 1. The molecule has 0 amide bonds. The van der Waals surface area contributed by atoms with Crippen molar-refractivity contribution in [2.24, 2.45) is 5.92 Å². The molecule has 1 saturated heterocycles. The molecule has 3 atom stereocenters. The van der Waals surface area contributed by atoms with Crippen LogP contribution in [0.15, 0.2) is 12.1 Å². The molecule has 2 fully saturated rings. The van der Waals surface area contributed by atoms with Gasteiger partial charge in [0.1, 0.15) is 5.75 Å². The van der Waals surface area contributed by atoms with Crippen molar-refractivity contribution in [3.05, 3.63) is 23.3 Å². The molecule has 1 aromatic carbocycles. The molecule has 1 aliphatic heterocycles. The number of piperidine rings is 1. The number of fused-ring (bicyclic) bond motifs is 1. The number of benzene rings is 1. The normalized spacial score (nSPS) is 29.5. The molecule has 3 aliphatic rings. The van der Waals surface area contributed by atoms with E-state index in [1.807, 2.05) is 7.05 Å². The Labute approximate surface area is 151 Å². The van der Waals surface area contributed by atoms with Crippen LogP contribution < -0.4 is 10.6 Å². The van der Waals surface area contributed by atoms with Gasteiger partial charge in [0.05, 0.1) is 5.69 Å². The van der Waals surface area contributed by atoms with Crippen LogP contribution >= 0.6 is 0 Å². The van der Waals surface area contributed by atoms with Crippen LogP contribution in [-0.2, 0) is 16.6 Å². The van der Waals surface area contributed by atoms with Crippen molar-refractivity contribution in [1.29, 1.82) is 0 Å². The van der Waals surface area contributed by atoms with Gasteiger partial charge < -0.3 is 15.7 Å². The molecule has 2 aliphatic carbocycles. The van der Waals surface area contributed by atoms with Crippen LogP contribution in [0.5, 0.6) is 5.75 Å². The first-order valence-electron chi connectivity index (χ1n) is 9.11. The van der Waals surface area contributed by atoms with E-state index in [2.05, 4.69) is 22.8 Å². The number of carbonyl (C=O) groups excluding carboxylic acids is 1. The van der Waals surface area contributed by atoms with Crippen LogP contribution in [0.2, 0.25) is 0 Å². The first-order chi connectivity index (χ1) is 12.3. The third-order valence-corrected chi connectivity index (χ3v) is 6.16. The van der Waals surface area contributed by atoms with E-state index in [-0.39, 0.29) is 0 Å². The van der Waals surface area contributed by atoms with Gasteiger partial charge in [0.15, 0.2) is 0 Å². The smallest absolute Gasteiger partial charge is 0.446 e. The molecule has 144 valence electrons. The summed E-state index contributed by atoms with van der Waals surface area (Å²) in [5.74, 6) is 1.19. The van der Waals surface area contributed by atoms with Crippen molar-refractivity contribution in [2.45, 2.75) is 56.2 Å². The van der Waals surface area contributed by atoms with Crippen LogP contribution in [-0.4, -0.2) is 37.2 Å². The highest BCUT2D eigenvalue weighted by atomic mass is 19.4. The minimum atomic E-state index is -4.64. The summed E-state index contributed by atoms with van der Waals surface area (Å²) in [7, 11) is 1.88. The second-order valence-electron chi connectivity index (χ2n) is 7.46. The summed E-state index contributed by atoms with van der Waals surface area (Å²) in [5, 5.41) is 17.1. The molecule has 4 nitrogen and oxygen atoms in total. The number of aldehydes is 1. The Hall–Kier alpha value is -1.76. The van der Waals surface area contributed by atoms with Crippen LogP contribution in [0.25, 0.3) is 0 Å². The summed E-state index contributed by atoms with van der Waals surface area (Å²) in [6, 6.07) is 4.89. The molecule has 3 N–H and O–H groups in total. The van der Waals surface area contributed by atoms with Gasteiger partial charge in [-0.25, -0.2) is 0 Å². The number of aromatic hydroxyl groups is 1. The maximum absolute atomic E-state index is 10.4. The molecule has 1 aromatic rings. The van der Waals surface area contributed by atoms with E-state index in [9.17, 15) is 18.3 Å². The highest BCUT2D eigenvalue weighted by molar-refractivity contribution is 5.61. The van der Waals surface area contributed by atoms with Crippen molar-refractivity contribution in [3.8, 4) is 5.75 Å². The molecule has 0 aromatic heterocycles. The Kier molecular flexibility index (Phi) is 5.19. The molecule has 7 heteroatoms. The minimum absolute atomic E-state index is 0.339. The fraction of sp³-hybridized carbons (Fsp3) is 0.632. The van der Waals surface area contributed by atoms with Gasteiger partial charge in [0.2, 0.25) is 6.29 Å². The van der Waals surface area contributed by atoms with Gasteiger partial charge in [0, 0.05) is 18.5 Å². The molecular weight excluding hydrogens is 345 g/mol. The van der Waals surface area contributed by atoms with E-state index in [0.717, 1.165) is 24.6 Å². The number of nitrogens with one attached hydrogen (secondary N) is 2. The largest absolute Gasteiger partial charge is 0.506 e. The van der Waals surface area contributed by atoms with Gasteiger partial charge in [0.25, 0.3) is 0 Å². The Balaban J connectivity index is 0.000000286. The summed E-state index contributed by atoms with van der Waals surface area (Å²) in [5.41, 5.74) is 4.11. The molecule has 1 saturated carbocycles. The van der Waals surface area contributed by atoms with Gasteiger partial charge in [-0.15, -0.1) is 0 Å². The number of anilines is 1. The van der Waals surface area contributed by atoms with E-state index in [1.165, 1.54) is 43.2 Å². The fourth-order valence-electron chi connectivity index (χ4n) is 5.17. The lowest BCUT2D eigenvalue weighted by Crippen LogP contribution is -2.59. The summed E-state index contributed by atoms with van der Waals surface area (Å²) >= 11 is 0. The molecule has 0 unspecified atom stereocenters. The van der Waals surface area contributed by atoms with E-state index in [4.69, 9.17) is 4.79 Å². The van der Waals surface area contributed by atoms with Crippen molar-refractivity contribution in [3.63, 3.8) is 0 Å². The zero-order chi connectivity index (χ0) is 18.9. The average Bonchev–Trinajstić information content (AvgIpc) is 2.62. The van der Waals surface area contributed by atoms with Crippen molar-refractivity contribution in [1.82, 2.24) is 5.32 Å². The number of phenolic OH excluding ortho intramolecular Hbond substituents is 1. The molecular formula is C19H25F3N2O2.